The van der Waals surface area contributed by atoms with Crippen LogP contribution in [0.15, 0.2) is 28.8 Å². The van der Waals surface area contributed by atoms with Crippen LogP contribution in [0.5, 0.6) is 0 Å². The summed E-state index contributed by atoms with van der Waals surface area (Å²) in [6, 6.07) is 7.65. The van der Waals surface area contributed by atoms with E-state index < -0.39 is 6.04 Å². The van der Waals surface area contributed by atoms with Crippen molar-refractivity contribution in [2.45, 2.75) is 39.8 Å². The highest BCUT2D eigenvalue weighted by Gasteiger charge is 2.28. The van der Waals surface area contributed by atoms with E-state index in [1.54, 1.807) is 0 Å². The van der Waals surface area contributed by atoms with Crippen LogP contribution in [0, 0.1) is 12.8 Å². The molecule has 0 aliphatic carbocycles. The zero-order valence-electron chi connectivity index (χ0n) is 16.4. The molecule has 7 heteroatoms. The number of rotatable bonds is 6. The van der Waals surface area contributed by atoms with Gasteiger partial charge in [-0.15, -0.1) is 0 Å². The Labute approximate surface area is 160 Å². The molecule has 1 aliphatic rings. The van der Waals surface area contributed by atoms with Crippen LogP contribution in [0.25, 0.3) is 11.4 Å². The van der Waals surface area contributed by atoms with Crippen LogP contribution >= 0.6 is 0 Å². The van der Waals surface area contributed by atoms with E-state index in [0.29, 0.717) is 31.3 Å². The van der Waals surface area contributed by atoms with E-state index in [0.717, 1.165) is 25.1 Å². The number of carbonyl (C=O) groups is 1. The van der Waals surface area contributed by atoms with Crippen LogP contribution in [0.3, 0.4) is 0 Å². The number of amides is 1. The number of hydrogen-bond acceptors (Lipinski definition) is 6. The lowest BCUT2D eigenvalue weighted by Crippen LogP contribution is -2.54. The molecule has 2 N–H and O–H groups in total. The van der Waals surface area contributed by atoms with Gasteiger partial charge in [0.15, 0.2) is 0 Å². The van der Waals surface area contributed by atoms with Crippen molar-refractivity contribution in [3.63, 3.8) is 0 Å². The zero-order valence-corrected chi connectivity index (χ0v) is 16.4. The van der Waals surface area contributed by atoms with Gasteiger partial charge in [0.1, 0.15) is 0 Å². The molecule has 2 atom stereocenters. The average molecular weight is 371 g/mol. The van der Waals surface area contributed by atoms with E-state index in [-0.39, 0.29) is 11.8 Å². The van der Waals surface area contributed by atoms with Crippen molar-refractivity contribution in [1.82, 2.24) is 19.9 Å². The first kappa shape index (κ1) is 19.5. The van der Waals surface area contributed by atoms with Gasteiger partial charge in [-0.25, -0.2) is 0 Å². The van der Waals surface area contributed by atoms with Crippen molar-refractivity contribution < 1.29 is 9.32 Å². The van der Waals surface area contributed by atoms with Gasteiger partial charge < -0.3 is 15.2 Å². The maximum absolute atomic E-state index is 12.5. The molecule has 1 aliphatic heterocycles. The molecule has 0 spiro atoms. The van der Waals surface area contributed by atoms with E-state index in [2.05, 4.69) is 22.0 Å². The highest BCUT2D eigenvalue weighted by atomic mass is 16.5. The monoisotopic (exact) mass is 371 g/mol. The number of benzene rings is 1. The molecular formula is C20H29N5O2. The molecule has 0 bridgehead atoms. The molecular weight excluding hydrogens is 342 g/mol. The van der Waals surface area contributed by atoms with Crippen LogP contribution in [-0.4, -0.2) is 58.1 Å². The summed E-state index contributed by atoms with van der Waals surface area (Å²) in [6.07, 6.45) is 0.910. The van der Waals surface area contributed by atoms with Crippen molar-refractivity contribution in [3.05, 3.63) is 35.7 Å². The smallest absolute Gasteiger partial charge is 0.241 e. The molecule has 2 heterocycles. The molecule has 1 fully saturated rings. The summed E-state index contributed by atoms with van der Waals surface area (Å²) < 4.78 is 5.41. The van der Waals surface area contributed by atoms with Crippen LogP contribution < -0.4 is 5.73 Å². The quantitative estimate of drug-likeness (QED) is 0.836. The molecule has 2 unspecified atom stereocenters. The largest absolute Gasteiger partial charge is 0.339 e. The van der Waals surface area contributed by atoms with Crippen LogP contribution in [0.4, 0.5) is 0 Å². The van der Waals surface area contributed by atoms with E-state index in [1.165, 1.54) is 5.56 Å². The number of aryl methyl sites for hydroxylation is 1. The second-order valence-corrected chi connectivity index (χ2v) is 7.39. The van der Waals surface area contributed by atoms with Gasteiger partial charge >= 0.3 is 0 Å². The normalized spacial score (nSPS) is 17.7. The van der Waals surface area contributed by atoms with E-state index in [4.69, 9.17) is 10.3 Å². The van der Waals surface area contributed by atoms with Crippen LogP contribution in [-0.2, 0) is 11.3 Å². The number of nitrogens with two attached hydrogens (primary N) is 1. The fourth-order valence-electron chi connectivity index (χ4n) is 3.16. The summed E-state index contributed by atoms with van der Waals surface area (Å²) in [4.78, 5) is 21.1. The van der Waals surface area contributed by atoms with Gasteiger partial charge in [0, 0.05) is 31.7 Å². The van der Waals surface area contributed by atoms with Gasteiger partial charge in [-0.1, -0.05) is 55.3 Å². The Hall–Kier alpha value is -2.25. The number of nitrogens with zero attached hydrogens (tertiary/aromatic N) is 4. The first-order chi connectivity index (χ1) is 13.0. The number of hydrogen-bond donors (Lipinski definition) is 1. The maximum Gasteiger partial charge on any atom is 0.241 e. The third-order valence-electron chi connectivity index (χ3n) is 5.36. The predicted molar refractivity (Wildman–Crippen MR) is 104 cm³/mol. The van der Waals surface area contributed by atoms with Gasteiger partial charge in [-0.2, -0.15) is 4.98 Å². The predicted octanol–water partition coefficient (Wildman–Crippen LogP) is 2.06. The van der Waals surface area contributed by atoms with E-state index >= 15 is 0 Å². The Bertz CT molecular complexity index is 750. The Morgan fingerprint density at radius 3 is 2.52 bits per heavy atom. The summed E-state index contributed by atoms with van der Waals surface area (Å²) in [5.41, 5.74) is 8.24. The third-order valence-corrected chi connectivity index (χ3v) is 5.36. The van der Waals surface area contributed by atoms with Crippen LogP contribution in [0.2, 0.25) is 0 Å². The molecule has 1 saturated heterocycles. The number of carbonyl (C=O) groups excluding carboxylic acids is 1. The molecule has 27 heavy (non-hydrogen) atoms. The standard InChI is InChI=1S/C20H29N5O2/c1-4-15(3)18(21)20(26)25-11-9-24(10-12-25)13-17-22-19(23-27-17)16-7-5-14(2)6-8-16/h5-8,15,18H,4,9-13,21H2,1-3H3. The SMILES string of the molecule is CCC(C)C(N)C(=O)N1CCN(Cc2nc(-c3ccc(C)cc3)no2)CC1. The second-order valence-electron chi connectivity index (χ2n) is 7.39. The first-order valence-corrected chi connectivity index (χ1v) is 9.64. The van der Waals surface area contributed by atoms with Crippen molar-refractivity contribution in [1.29, 1.82) is 0 Å². The molecule has 2 aromatic rings. The molecule has 3 rings (SSSR count). The number of aromatic nitrogens is 2. The minimum atomic E-state index is -0.408. The Kier molecular flexibility index (Phi) is 6.23. The molecule has 1 aromatic carbocycles. The van der Waals surface area contributed by atoms with E-state index in [9.17, 15) is 4.79 Å². The second kappa shape index (κ2) is 8.63. The topological polar surface area (TPSA) is 88.5 Å². The molecule has 1 aromatic heterocycles. The summed E-state index contributed by atoms with van der Waals surface area (Å²) in [5.74, 6) is 1.47. The average Bonchev–Trinajstić information content (AvgIpc) is 3.15. The van der Waals surface area contributed by atoms with Gasteiger partial charge in [0.2, 0.25) is 17.6 Å². The van der Waals surface area contributed by atoms with Crippen molar-refractivity contribution in [3.8, 4) is 11.4 Å². The first-order valence-electron chi connectivity index (χ1n) is 9.64. The van der Waals surface area contributed by atoms with Crippen molar-refractivity contribution >= 4 is 5.91 Å². The minimum absolute atomic E-state index is 0.0587. The summed E-state index contributed by atoms with van der Waals surface area (Å²) in [6.45, 7) is 9.65. The lowest BCUT2D eigenvalue weighted by atomic mass is 9.98. The Balaban J connectivity index is 1.52. The summed E-state index contributed by atoms with van der Waals surface area (Å²) in [5, 5.41) is 4.08. The fourth-order valence-corrected chi connectivity index (χ4v) is 3.16. The maximum atomic E-state index is 12.5. The molecule has 7 nitrogen and oxygen atoms in total. The summed E-state index contributed by atoms with van der Waals surface area (Å²) >= 11 is 0. The van der Waals surface area contributed by atoms with Gasteiger partial charge in [0.05, 0.1) is 12.6 Å². The van der Waals surface area contributed by atoms with E-state index in [1.807, 2.05) is 43.0 Å². The Morgan fingerprint density at radius 1 is 1.22 bits per heavy atom. The number of piperazine rings is 1. The Morgan fingerprint density at radius 2 is 1.89 bits per heavy atom. The lowest BCUT2D eigenvalue weighted by molar-refractivity contribution is -0.135. The van der Waals surface area contributed by atoms with Gasteiger partial charge in [-0.3, -0.25) is 9.69 Å². The highest BCUT2D eigenvalue weighted by Crippen LogP contribution is 2.18. The highest BCUT2D eigenvalue weighted by molar-refractivity contribution is 5.82. The molecule has 0 radical (unpaired) electrons. The van der Waals surface area contributed by atoms with Crippen molar-refractivity contribution in [2.75, 3.05) is 26.2 Å². The lowest BCUT2D eigenvalue weighted by Gasteiger charge is -2.36. The van der Waals surface area contributed by atoms with Gasteiger partial charge in [0.25, 0.3) is 0 Å². The third kappa shape index (κ3) is 4.73. The van der Waals surface area contributed by atoms with Gasteiger partial charge in [-0.05, 0) is 12.8 Å². The van der Waals surface area contributed by atoms with Crippen LogP contribution in [0.1, 0.15) is 31.7 Å². The molecule has 0 saturated carbocycles. The minimum Gasteiger partial charge on any atom is -0.339 e. The fraction of sp³-hybridized carbons (Fsp3) is 0.550. The van der Waals surface area contributed by atoms with Crippen molar-refractivity contribution in [2.24, 2.45) is 11.7 Å². The zero-order chi connectivity index (χ0) is 19.4. The summed E-state index contributed by atoms with van der Waals surface area (Å²) in [7, 11) is 0. The molecule has 1 amide bonds. The molecule has 146 valence electrons.